The summed E-state index contributed by atoms with van der Waals surface area (Å²) in [6.07, 6.45) is 2.54. The van der Waals surface area contributed by atoms with Gasteiger partial charge in [0.05, 0.1) is 0 Å². The van der Waals surface area contributed by atoms with Crippen molar-refractivity contribution in [1.29, 1.82) is 0 Å². The Morgan fingerprint density at radius 2 is 2.00 bits per heavy atom. The molecule has 0 aliphatic carbocycles. The van der Waals surface area contributed by atoms with Gasteiger partial charge in [-0.15, -0.1) is 0 Å². The van der Waals surface area contributed by atoms with Crippen molar-refractivity contribution in [3.63, 3.8) is 0 Å². The van der Waals surface area contributed by atoms with E-state index < -0.39 is 0 Å². The van der Waals surface area contributed by atoms with Crippen molar-refractivity contribution >= 4 is 0 Å². The maximum absolute atomic E-state index is 5.22. The van der Waals surface area contributed by atoms with Gasteiger partial charge in [-0.3, -0.25) is 5.84 Å². The summed E-state index contributed by atoms with van der Waals surface area (Å²) in [6, 6.07) is 0. The molecule has 0 spiro atoms. The highest BCUT2D eigenvalue weighted by Crippen LogP contribution is 2.13. The number of piperidine rings is 1. The van der Waals surface area contributed by atoms with E-state index in [0.717, 1.165) is 19.0 Å². The fraction of sp³-hybridized carbons (Fsp3) is 1.00. The van der Waals surface area contributed by atoms with E-state index in [-0.39, 0.29) is 0 Å². The third-order valence-electron chi connectivity index (χ3n) is 1.97. The predicted molar refractivity (Wildman–Crippen MR) is 37.3 cm³/mol. The Morgan fingerprint density at radius 3 is 2.44 bits per heavy atom. The summed E-state index contributed by atoms with van der Waals surface area (Å²) in [5.41, 5.74) is 2.66. The van der Waals surface area contributed by atoms with E-state index >= 15 is 0 Å². The zero-order chi connectivity index (χ0) is 6.69. The number of hydrogen-bond donors (Lipinski definition) is 2. The normalized spacial score (nSPS) is 24.7. The first-order valence-corrected chi connectivity index (χ1v) is 3.54. The molecular weight excluding hydrogens is 114 g/mol. The van der Waals surface area contributed by atoms with Gasteiger partial charge in [0.25, 0.3) is 0 Å². The predicted octanol–water partition coefficient (Wildman–Crippen LogP) is 0.0966. The zero-order valence-corrected chi connectivity index (χ0v) is 5.93. The second-order valence-corrected chi connectivity index (χ2v) is 2.80. The summed E-state index contributed by atoms with van der Waals surface area (Å²) in [5.74, 6) is 6.11. The van der Waals surface area contributed by atoms with Gasteiger partial charge in [0, 0.05) is 13.1 Å². The lowest BCUT2D eigenvalue weighted by Crippen LogP contribution is -2.46. The minimum absolute atomic E-state index is 0.884. The number of nitrogens with two attached hydrogens (primary N) is 1. The molecule has 3 nitrogen and oxygen atoms in total. The van der Waals surface area contributed by atoms with Crippen LogP contribution in [-0.2, 0) is 0 Å². The van der Waals surface area contributed by atoms with Crippen molar-refractivity contribution in [1.82, 2.24) is 10.5 Å². The Balaban J connectivity index is 2.18. The van der Waals surface area contributed by atoms with Gasteiger partial charge in [-0.1, -0.05) is 6.92 Å². The van der Waals surface area contributed by atoms with E-state index in [0.29, 0.717) is 0 Å². The van der Waals surface area contributed by atoms with Gasteiger partial charge in [0.1, 0.15) is 0 Å². The van der Waals surface area contributed by atoms with Crippen molar-refractivity contribution in [2.45, 2.75) is 19.8 Å². The molecule has 0 unspecified atom stereocenters. The molecule has 1 rings (SSSR count). The molecular formula is C6H15N3. The van der Waals surface area contributed by atoms with Crippen LogP contribution in [0.2, 0.25) is 0 Å². The first-order valence-electron chi connectivity index (χ1n) is 3.54. The molecule has 0 radical (unpaired) electrons. The van der Waals surface area contributed by atoms with Gasteiger partial charge >= 0.3 is 0 Å². The third-order valence-corrected chi connectivity index (χ3v) is 1.97. The standard InChI is InChI=1S/C6H15N3/c1-6-2-4-9(8-7)5-3-6/h6,8H,2-5,7H2,1H3. The van der Waals surface area contributed by atoms with Gasteiger partial charge in [-0.05, 0) is 18.8 Å². The van der Waals surface area contributed by atoms with Crippen LogP contribution in [0.25, 0.3) is 0 Å². The maximum atomic E-state index is 5.22. The Bertz CT molecular complexity index is 76.4. The summed E-state index contributed by atoms with van der Waals surface area (Å²) in [6.45, 7) is 4.48. The van der Waals surface area contributed by atoms with E-state index in [1.54, 1.807) is 0 Å². The van der Waals surface area contributed by atoms with E-state index in [1.165, 1.54) is 12.8 Å². The van der Waals surface area contributed by atoms with Crippen LogP contribution in [-0.4, -0.2) is 18.1 Å². The summed E-state index contributed by atoms with van der Waals surface area (Å²) >= 11 is 0. The van der Waals surface area contributed by atoms with E-state index in [9.17, 15) is 0 Å². The highest BCUT2D eigenvalue weighted by molar-refractivity contribution is 4.64. The van der Waals surface area contributed by atoms with Crippen LogP contribution >= 0.6 is 0 Å². The van der Waals surface area contributed by atoms with Gasteiger partial charge < -0.3 is 0 Å². The Kier molecular flexibility index (Phi) is 2.45. The second kappa shape index (κ2) is 3.15. The van der Waals surface area contributed by atoms with Crippen molar-refractivity contribution in [2.75, 3.05) is 13.1 Å². The first-order chi connectivity index (χ1) is 4.33. The Morgan fingerprint density at radius 1 is 1.44 bits per heavy atom. The molecule has 0 saturated carbocycles. The quantitative estimate of drug-likeness (QED) is 0.389. The number of nitrogens with zero attached hydrogens (tertiary/aromatic N) is 1. The lowest BCUT2D eigenvalue weighted by atomic mass is 10.0. The van der Waals surface area contributed by atoms with E-state index in [2.05, 4.69) is 17.5 Å². The molecule has 0 atom stereocenters. The van der Waals surface area contributed by atoms with Crippen LogP contribution in [0.15, 0.2) is 0 Å². The Hall–Kier alpha value is -0.120. The van der Waals surface area contributed by atoms with Crippen molar-refractivity contribution in [3.8, 4) is 0 Å². The summed E-state index contributed by atoms with van der Waals surface area (Å²) in [4.78, 5) is 0. The fourth-order valence-corrected chi connectivity index (χ4v) is 1.14. The molecule has 1 fully saturated rings. The van der Waals surface area contributed by atoms with E-state index in [1.807, 2.05) is 0 Å². The molecule has 1 saturated heterocycles. The third kappa shape index (κ3) is 1.93. The lowest BCUT2D eigenvalue weighted by molar-refractivity contribution is 0.130. The summed E-state index contributed by atoms with van der Waals surface area (Å²) in [5, 5.41) is 2.06. The molecule has 3 N–H and O–H groups in total. The molecule has 1 heterocycles. The minimum atomic E-state index is 0.884. The van der Waals surface area contributed by atoms with Crippen LogP contribution in [0, 0.1) is 5.92 Å². The van der Waals surface area contributed by atoms with Crippen LogP contribution in [0.1, 0.15) is 19.8 Å². The Labute approximate surface area is 56.1 Å². The van der Waals surface area contributed by atoms with E-state index in [4.69, 9.17) is 5.84 Å². The molecule has 3 heteroatoms. The first kappa shape index (κ1) is 6.99. The highest BCUT2D eigenvalue weighted by atomic mass is 15.6. The molecule has 0 aromatic carbocycles. The van der Waals surface area contributed by atoms with Crippen LogP contribution in [0.4, 0.5) is 0 Å². The lowest BCUT2D eigenvalue weighted by Gasteiger charge is -2.28. The molecule has 0 aromatic heterocycles. The average Bonchev–Trinajstić information content (AvgIpc) is 1.90. The number of hydrazine groups is 2. The average molecular weight is 129 g/mol. The van der Waals surface area contributed by atoms with Crippen LogP contribution in [0.3, 0.4) is 0 Å². The molecule has 1 aliphatic heterocycles. The fourth-order valence-electron chi connectivity index (χ4n) is 1.14. The van der Waals surface area contributed by atoms with Gasteiger partial charge in [0.15, 0.2) is 0 Å². The highest BCUT2D eigenvalue weighted by Gasteiger charge is 2.13. The van der Waals surface area contributed by atoms with Gasteiger partial charge in [-0.2, -0.15) is 5.53 Å². The van der Waals surface area contributed by atoms with Gasteiger partial charge in [0.2, 0.25) is 0 Å². The largest absolute Gasteiger partial charge is 0.258 e. The molecule has 0 amide bonds. The number of nitrogens with one attached hydrogen (secondary N) is 1. The van der Waals surface area contributed by atoms with Crippen LogP contribution < -0.4 is 11.4 Å². The molecule has 9 heavy (non-hydrogen) atoms. The monoisotopic (exact) mass is 129 g/mol. The van der Waals surface area contributed by atoms with Crippen molar-refractivity contribution < 1.29 is 0 Å². The summed E-state index contributed by atoms with van der Waals surface area (Å²) in [7, 11) is 0. The van der Waals surface area contributed by atoms with Crippen LogP contribution in [0.5, 0.6) is 0 Å². The summed E-state index contributed by atoms with van der Waals surface area (Å²) < 4.78 is 0. The maximum Gasteiger partial charge on any atom is 0.0146 e. The smallest absolute Gasteiger partial charge is 0.0146 e. The molecule has 0 bridgehead atoms. The zero-order valence-electron chi connectivity index (χ0n) is 5.93. The second-order valence-electron chi connectivity index (χ2n) is 2.80. The van der Waals surface area contributed by atoms with Gasteiger partial charge in [-0.25, -0.2) is 5.01 Å². The van der Waals surface area contributed by atoms with Crippen molar-refractivity contribution in [2.24, 2.45) is 11.8 Å². The molecule has 54 valence electrons. The molecule has 0 aromatic rings. The number of hydrogen-bond acceptors (Lipinski definition) is 3. The topological polar surface area (TPSA) is 41.3 Å². The SMILES string of the molecule is CC1CCN(NN)CC1. The number of rotatable bonds is 1. The molecule has 1 aliphatic rings. The van der Waals surface area contributed by atoms with Crippen molar-refractivity contribution in [3.05, 3.63) is 0 Å². The minimum Gasteiger partial charge on any atom is -0.258 e.